The zero-order chi connectivity index (χ0) is 10.8. The van der Waals surface area contributed by atoms with Gasteiger partial charge in [0.1, 0.15) is 0 Å². The van der Waals surface area contributed by atoms with Gasteiger partial charge in [0.05, 0.1) is 0 Å². The van der Waals surface area contributed by atoms with Crippen LogP contribution in [0.3, 0.4) is 0 Å². The Morgan fingerprint density at radius 1 is 0.812 bits per heavy atom. The van der Waals surface area contributed by atoms with Crippen molar-refractivity contribution < 1.29 is 0 Å². The minimum absolute atomic E-state index is 0.890. The third-order valence-corrected chi connectivity index (χ3v) is 4.63. The number of aryl methyl sites for hydroxylation is 1. The molecule has 1 unspecified atom stereocenters. The van der Waals surface area contributed by atoms with E-state index in [4.69, 9.17) is 0 Å². The number of rotatable bonds is 1. The largest absolute Gasteiger partial charge is 0.0620 e. The third kappa shape index (κ3) is 1.90. The van der Waals surface area contributed by atoms with Crippen molar-refractivity contribution in [2.75, 3.05) is 0 Å². The first-order valence-corrected chi connectivity index (χ1v) is 7.03. The number of fused-ring (bicyclic) bond motifs is 1. The summed E-state index contributed by atoms with van der Waals surface area (Å²) in [6.45, 7) is 0. The molecule has 1 atom stereocenters. The Kier molecular flexibility index (Phi) is 2.99. The van der Waals surface area contributed by atoms with Crippen molar-refractivity contribution >= 4 is 0 Å². The van der Waals surface area contributed by atoms with Crippen LogP contribution in [0.4, 0.5) is 0 Å². The van der Waals surface area contributed by atoms with Crippen LogP contribution in [0.15, 0.2) is 24.3 Å². The summed E-state index contributed by atoms with van der Waals surface area (Å²) in [6, 6.07) is 9.23. The van der Waals surface area contributed by atoms with Crippen LogP contribution in [0.2, 0.25) is 0 Å². The van der Waals surface area contributed by atoms with E-state index in [0.29, 0.717) is 0 Å². The quantitative estimate of drug-likeness (QED) is 0.595. The molecule has 0 spiro atoms. The Morgan fingerprint density at radius 2 is 1.56 bits per heavy atom. The Bertz CT molecular complexity index is 347. The highest BCUT2D eigenvalue weighted by Crippen LogP contribution is 2.42. The molecule has 2 aliphatic carbocycles. The molecule has 0 amide bonds. The maximum absolute atomic E-state index is 2.41. The van der Waals surface area contributed by atoms with E-state index in [2.05, 4.69) is 24.3 Å². The van der Waals surface area contributed by atoms with E-state index in [9.17, 15) is 0 Å². The average Bonchev–Trinajstić information content (AvgIpc) is 2.76. The van der Waals surface area contributed by atoms with Gasteiger partial charge in [-0.25, -0.2) is 0 Å². The molecule has 0 aromatic heterocycles. The molecule has 0 heteroatoms. The fourth-order valence-corrected chi connectivity index (χ4v) is 3.81. The molecule has 0 radical (unpaired) electrons. The summed E-state index contributed by atoms with van der Waals surface area (Å²) in [4.78, 5) is 0. The maximum Gasteiger partial charge on any atom is -0.0131 e. The molecule has 2 aliphatic rings. The van der Waals surface area contributed by atoms with Gasteiger partial charge in [-0.1, -0.05) is 43.5 Å². The van der Waals surface area contributed by atoms with Crippen LogP contribution < -0.4 is 0 Å². The lowest BCUT2D eigenvalue weighted by molar-refractivity contribution is 0.407. The van der Waals surface area contributed by atoms with Crippen molar-refractivity contribution in [2.45, 2.75) is 57.3 Å². The van der Waals surface area contributed by atoms with E-state index in [1.165, 1.54) is 51.4 Å². The molecule has 0 saturated heterocycles. The van der Waals surface area contributed by atoms with E-state index in [1.54, 1.807) is 11.1 Å². The van der Waals surface area contributed by atoms with Gasteiger partial charge >= 0.3 is 0 Å². The normalized spacial score (nSPS) is 26.4. The average molecular weight is 214 g/mol. The van der Waals surface area contributed by atoms with Gasteiger partial charge in [-0.3, -0.25) is 0 Å². The molecule has 16 heavy (non-hydrogen) atoms. The molecular formula is C16H22. The zero-order valence-corrected chi connectivity index (χ0v) is 10.1. The third-order valence-electron chi connectivity index (χ3n) is 4.63. The molecule has 86 valence electrons. The maximum atomic E-state index is 2.41. The first-order chi connectivity index (χ1) is 7.95. The number of hydrogen-bond donors (Lipinski definition) is 0. The Hall–Kier alpha value is -0.780. The lowest BCUT2D eigenvalue weighted by Crippen LogP contribution is -2.10. The van der Waals surface area contributed by atoms with Crippen LogP contribution in [0, 0.1) is 5.92 Å². The van der Waals surface area contributed by atoms with Crippen LogP contribution in [0.25, 0.3) is 0 Å². The molecular weight excluding hydrogens is 192 g/mol. The Morgan fingerprint density at radius 3 is 2.44 bits per heavy atom. The van der Waals surface area contributed by atoms with Crippen LogP contribution >= 0.6 is 0 Å². The highest BCUT2D eigenvalue weighted by molar-refractivity contribution is 5.32. The second-order valence-electron chi connectivity index (χ2n) is 5.60. The summed E-state index contributed by atoms with van der Waals surface area (Å²) in [5.74, 6) is 1.89. The standard InChI is InChI=1S/C16H22/c1-2-8-13(7-1)15-11-5-3-9-14-10-4-6-12-16(14)15/h4,6,10,12-13,15H,1-3,5,7-9,11H2. The van der Waals surface area contributed by atoms with Gasteiger partial charge in [0, 0.05) is 0 Å². The van der Waals surface area contributed by atoms with Crippen LogP contribution in [-0.2, 0) is 6.42 Å². The Balaban J connectivity index is 1.92. The van der Waals surface area contributed by atoms with E-state index in [0.717, 1.165) is 11.8 Å². The molecule has 0 aliphatic heterocycles. The van der Waals surface area contributed by atoms with Crippen molar-refractivity contribution in [3.8, 4) is 0 Å². The monoisotopic (exact) mass is 214 g/mol. The van der Waals surface area contributed by atoms with Crippen molar-refractivity contribution in [1.82, 2.24) is 0 Å². The molecule has 0 bridgehead atoms. The summed E-state index contributed by atoms with van der Waals surface area (Å²) in [7, 11) is 0. The number of hydrogen-bond acceptors (Lipinski definition) is 0. The van der Waals surface area contributed by atoms with Gasteiger partial charge in [-0.05, 0) is 55.1 Å². The predicted molar refractivity (Wildman–Crippen MR) is 68.7 cm³/mol. The summed E-state index contributed by atoms with van der Waals surface area (Å²) < 4.78 is 0. The molecule has 3 rings (SSSR count). The topological polar surface area (TPSA) is 0 Å². The fraction of sp³-hybridized carbons (Fsp3) is 0.625. The predicted octanol–water partition coefficient (Wildman–Crippen LogP) is 4.69. The van der Waals surface area contributed by atoms with Crippen LogP contribution in [0.5, 0.6) is 0 Å². The van der Waals surface area contributed by atoms with Gasteiger partial charge in [-0.2, -0.15) is 0 Å². The highest BCUT2D eigenvalue weighted by Gasteiger charge is 2.28. The van der Waals surface area contributed by atoms with Gasteiger partial charge in [-0.15, -0.1) is 0 Å². The molecule has 0 nitrogen and oxygen atoms in total. The van der Waals surface area contributed by atoms with Gasteiger partial charge in [0.25, 0.3) is 0 Å². The van der Waals surface area contributed by atoms with Crippen LogP contribution in [0.1, 0.15) is 62.0 Å². The second-order valence-corrected chi connectivity index (χ2v) is 5.60. The highest BCUT2D eigenvalue weighted by atomic mass is 14.3. The van der Waals surface area contributed by atoms with Crippen LogP contribution in [-0.4, -0.2) is 0 Å². The van der Waals surface area contributed by atoms with Gasteiger partial charge < -0.3 is 0 Å². The summed E-state index contributed by atoms with van der Waals surface area (Å²) in [6.07, 6.45) is 11.5. The number of benzene rings is 1. The fourth-order valence-electron chi connectivity index (χ4n) is 3.81. The summed E-state index contributed by atoms with van der Waals surface area (Å²) in [5.41, 5.74) is 3.35. The van der Waals surface area contributed by atoms with Gasteiger partial charge in [0.15, 0.2) is 0 Å². The molecule has 1 aromatic rings. The lowest BCUT2D eigenvalue weighted by Gasteiger charge is -2.24. The molecule has 1 aromatic carbocycles. The smallest absolute Gasteiger partial charge is 0.0131 e. The summed E-state index contributed by atoms with van der Waals surface area (Å²) >= 11 is 0. The Labute approximate surface area is 99.1 Å². The first kappa shape index (κ1) is 10.4. The van der Waals surface area contributed by atoms with E-state index in [1.807, 2.05) is 0 Å². The SMILES string of the molecule is c1ccc2c(c1)CCCCC2C1CCCC1. The summed E-state index contributed by atoms with van der Waals surface area (Å²) in [5, 5.41) is 0. The van der Waals surface area contributed by atoms with Crippen molar-refractivity contribution in [3.63, 3.8) is 0 Å². The van der Waals surface area contributed by atoms with E-state index in [-0.39, 0.29) is 0 Å². The van der Waals surface area contributed by atoms with Crippen molar-refractivity contribution in [1.29, 1.82) is 0 Å². The lowest BCUT2D eigenvalue weighted by atomic mass is 9.81. The molecule has 0 N–H and O–H groups in total. The first-order valence-electron chi connectivity index (χ1n) is 7.03. The van der Waals surface area contributed by atoms with Crippen molar-refractivity contribution in [3.05, 3.63) is 35.4 Å². The van der Waals surface area contributed by atoms with Crippen molar-refractivity contribution in [2.24, 2.45) is 5.92 Å². The zero-order valence-electron chi connectivity index (χ0n) is 10.1. The van der Waals surface area contributed by atoms with E-state index >= 15 is 0 Å². The molecule has 1 fully saturated rings. The minimum atomic E-state index is 0.890. The minimum Gasteiger partial charge on any atom is -0.0620 e. The molecule has 1 saturated carbocycles. The second kappa shape index (κ2) is 4.61. The van der Waals surface area contributed by atoms with Gasteiger partial charge in [0.2, 0.25) is 0 Å². The van der Waals surface area contributed by atoms with E-state index < -0.39 is 0 Å². The molecule has 0 heterocycles.